The Bertz CT molecular complexity index is 557. The highest BCUT2D eigenvalue weighted by atomic mass is 19.1. The molecule has 0 aliphatic carbocycles. The third kappa shape index (κ3) is 3.81. The summed E-state index contributed by atoms with van der Waals surface area (Å²) in [6.07, 6.45) is -0.567. The summed E-state index contributed by atoms with van der Waals surface area (Å²) in [4.78, 5) is 11.7. The monoisotopic (exact) mass is 259 g/mol. The fraction of sp³-hybridized carbons (Fsp3) is 0.133. The molecule has 1 atom stereocenters. The molecule has 4 heteroatoms. The topological polar surface area (TPSA) is 38.3 Å². The summed E-state index contributed by atoms with van der Waals surface area (Å²) < 4.78 is 18.2. The van der Waals surface area contributed by atoms with Crippen LogP contribution in [0.2, 0.25) is 0 Å². The van der Waals surface area contributed by atoms with Crippen LogP contribution in [-0.4, -0.2) is 6.09 Å². The van der Waals surface area contributed by atoms with Gasteiger partial charge in [0.15, 0.2) is 0 Å². The van der Waals surface area contributed by atoms with Crippen molar-refractivity contribution in [3.63, 3.8) is 0 Å². The van der Waals surface area contributed by atoms with Crippen LogP contribution in [0.4, 0.5) is 9.18 Å². The lowest BCUT2D eigenvalue weighted by Crippen LogP contribution is -2.29. The van der Waals surface area contributed by atoms with E-state index in [0.29, 0.717) is 11.3 Å². The van der Waals surface area contributed by atoms with Crippen molar-refractivity contribution in [3.05, 3.63) is 66.0 Å². The average Bonchev–Trinajstić information content (AvgIpc) is 2.39. The Kier molecular flexibility index (Phi) is 4.13. The lowest BCUT2D eigenvalue weighted by molar-refractivity contribution is 0.197. The molecule has 0 fully saturated rings. The second-order valence-electron chi connectivity index (χ2n) is 4.12. The van der Waals surface area contributed by atoms with Gasteiger partial charge < -0.3 is 10.1 Å². The molecular weight excluding hydrogens is 245 g/mol. The fourth-order valence-electron chi connectivity index (χ4n) is 1.66. The Labute approximate surface area is 111 Å². The third-order valence-electron chi connectivity index (χ3n) is 2.64. The van der Waals surface area contributed by atoms with E-state index in [-0.39, 0.29) is 11.9 Å². The molecule has 2 rings (SSSR count). The third-order valence-corrected chi connectivity index (χ3v) is 2.64. The van der Waals surface area contributed by atoms with Crippen molar-refractivity contribution in [3.8, 4) is 5.75 Å². The van der Waals surface area contributed by atoms with Gasteiger partial charge in [-0.15, -0.1) is 0 Å². The number of halogens is 1. The molecule has 1 N–H and O–H groups in total. The van der Waals surface area contributed by atoms with Gasteiger partial charge in [0.1, 0.15) is 11.6 Å². The molecule has 0 aliphatic heterocycles. The van der Waals surface area contributed by atoms with Gasteiger partial charge in [-0.1, -0.05) is 30.3 Å². The number of nitrogens with one attached hydrogen (secondary N) is 1. The van der Waals surface area contributed by atoms with Crippen molar-refractivity contribution in [2.24, 2.45) is 0 Å². The summed E-state index contributed by atoms with van der Waals surface area (Å²) in [5, 5.41) is 2.64. The van der Waals surface area contributed by atoms with Crippen LogP contribution in [0.5, 0.6) is 5.75 Å². The van der Waals surface area contributed by atoms with Crippen LogP contribution in [0.1, 0.15) is 18.5 Å². The Balaban J connectivity index is 1.95. The second-order valence-corrected chi connectivity index (χ2v) is 4.12. The molecule has 19 heavy (non-hydrogen) atoms. The summed E-state index contributed by atoms with van der Waals surface area (Å²) in [5.41, 5.74) is 0.685. The summed E-state index contributed by atoms with van der Waals surface area (Å²) in [6.45, 7) is 1.76. The number of benzene rings is 2. The van der Waals surface area contributed by atoms with E-state index in [1.807, 2.05) is 6.07 Å². The lowest BCUT2D eigenvalue weighted by Gasteiger charge is -2.14. The molecule has 0 bridgehead atoms. The first-order valence-corrected chi connectivity index (χ1v) is 5.94. The van der Waals surface area contributed by atoms with Gasteiger partial charge in [0, 0.05) is 0 Å². The molecule has 1 amide bonds. The maximum atomic E-state index is 13.1. The van der Waals surface area contributed by atoms with Crippen molar-refractivity contribution in [2.75, 3.05) is 0 Å². The van der Waals surface area contributed by atoms with Gasteiger partial charge in [-0.2, -0.15) is 0 Å². The quantitative estimate of drug-likeness (QED) is 0.913. The van der Waals surface area contributed by atoms with Crippen molar-refractivity contribution in [1.82, 2.24) is 5.32 Å². The van der Waals surface area contributed by atoms with Crippen LogP contribution < -0.4 is 10.1 Å². The molecule has 0 aliphatic rings. The number of carbonyl (C=O) groups is 1. The van der Waals surface area contributed by atoms with Gasteiger partial charge in [-0.05, 0) is 36.8 Å². The van der Waals surface area contributed by atoms with Crippen molar-refractivity contribution >= 4 is 6.09 Å². The molecule has 1 unspecified atom stereocenters. The Morgan fingerprint density at radius 3 is 2.58 bits per heavy atom. The zero-order chi connectivity index (χ0) is 13.7. The van der Waals surface area contributed by atoms with Crippen molar-refractivity contribution in [2.45, 2.75) is 13.0 Å². The van der Waals surface area contributed by atoms with Crippen molar-refractivity contribution in [1.29, 1.82) is 0 Å². The lowest BCUT2D eigenvalue weighted by atomic mass is 10.1. The summed E-state index contributed by atoms with van der Waals surface area (Å²) in [5.74, 6) is 0.133. The van der Waals surface area contributed by atoms with E-state index in [4.69, 9.17) is 4.74 Å². The van der Waals surface area contributed by atoms with Gasteiger partial charge in [0.25, 0.3) is 0 Å². The van der Waals surface area contributed by atoms with E-state index in [0.717, 1.165) is 0 Å². The van der Waals surface area contributed by atoms with E-state index in [1.54, 1.807) is 43.3 Å². The average molecular weight is 259 g/mol. The second kappa shape index (κ2) is 6.00. The van der Waals surface area contributed by atoms with Gasteiger partial charge in [-0.3, -0.25) is 0 Å². The normalized spacial score (nSPS) is 11.7. The molecule has 0 spiro atoms. The number of amides is 1. The van der Waals surface area contributed by atoms with Gasteiger partial charge in [0.05, 0.1) is 6.04 Å². The van der Waals surface area contributed by atoms with Crippen LogP contribution in [0.25, 0.3) is 0 Å². The summed E-state index contributed by atoms with van der Waals surface area (Å²) >= 11 is 0. The fourth-order valence-corrected chi connectivity index (χ4v) is 1.66. The van der Waals surface area contributed by atoms with Crippen LogP contribution in [0.15, 0.2) is 54.6 Å². The first-order chi connectivity index (χ1) is 9.15. The number of rotatable bonds is 3. The molecule has 0 radical (unpaired) electrons. The molecular formula is C15H14FNO2. The highest BCUT2D eigenvalue weighted by molar-refractivity contribution is 5.70. The zero-order valence-corrected chi connectivity index (χ0v) is 10.5. The maximum absolute atomic E-state index is 13.1. The Morgan fingerprint density at radius 2 is 1.89 bits per heavy atom. The summed E-state index contributed by atoms with van der Waals surface area (Å²) in [7, 11) is 0. The largest absolute Gasteiger partial charge is 0.413 e. The Hall–Kier alpha value is -2.36. The standard InChI is InChI=1S/C15H14FNO2/c1-11(12-6-5-7-13(16)10-12)17-15(18)19-14-8-3-2-4-9-14/h2-11H,1H3,(H,17,18). The van der Waals surface area contributed by atoms with Crippen LogP contribution in [-0.2, 0) is 0 Å². The first-order valence-electron chi connectivity index (χ1n) is 5.94. The minimum Gasteiger partial charge on any atom is -0.410 e. The summed E-state index contributed by atoms with van der Waals surface area (Å²) in [6, 6.07) is 14.5. The predicted molar refractivity (Wildman–Crippen MR) is 70.4 cm³/mol. The number of carbonyl (C=O) groups excluding carboxylic acids is 1. The molecule has 3 nitrogen and oxygen atoms in total. The van der Waals surface area contributed by atoms with Gasteiger partial charge in [0.2, 0.25) is 0 Å². The Morgan fingerprint density at radius 1 is 1.16 bits per heavy atom. The van der Waals surface area contributed by atoms with Gasteiger partial charge in [-0.25, -0.2) is 9.18 Å². The highest BCUT2D eigenvalue weighted by Crippen LogP contribution is 2.14. The SMILES string of the molecule is CC(NC(=O)Oc1ccccc1)c1cccc(F)c1. The van der Waals surface area contributed by atoms with Crippen LogP contribution in [0, 0.1) is 5.82 Å². The zero-order valence-electron chi connectivity index (χ0n) is 10.5. The number of ether oxygens (including phenoxy) is 1. The first kappa shape index (κ1) is 13.1. The van der Waals surface area contributed by atoms with E-state index in [9.17, 15) is 9.18 Å². The maximum Gasteiger partial charge on any atom is 0.413 e. The highest BCUT2D eigenvalue weighted by Gasteiger charge is 2.11. The van der Waals surface area contributed by atoms with E-state index >= 15 is 0 Å². The molecule has 98 valence electrons. The molecule has 2 aromatic rings. The number of para-hydroxylation sites is 1. The van der Waals surface area contributed by atoms with Gasteiger partial charge >= 0.3 is 6.09 Å². The van der Waals surface area contributed by atoms with E-state index < -0.39 is 6.09 Å². The van der Waals surface area contributed by atoms with E-state index in [2.05, 4.69) is 5.32 Å². The molecule has 0 saturated heterocycles. The number of hydrogen-bond donors (Lipinski definition) is 1. The minimum absolute atomic E-state index is 0.327. The van der Waals surface area contributed by atoms with Crippen LogP contribution >= 0.6 is 0 Å². The van der Waals surface area contributed by atoms with Crippen LogP contribution in [0.3, 0.4) is 0 Å². The van der Waals surface area contributed by atoms with E-state index in [1.165, 1.54) is 12.1 Å². The minimum atomic E-state index is -0.567. The smallest absolute Gasteiger partial charge is 0.410 e. The van der Waals surface area contributed by atoms with Crippen molar-refractivity contribution < 1.29 is 13.9 Å². The predicted octanol–water partition coefficient (Wildman–Crippen LogP) is 3.68. The molecule has 0 heterocycles. The molecule has 2 aromatic carbocycles. The molecule has 0 aromatic heterocycles. The number of hydrogen-bond acceptors (Lipinski definition) is 2. The molecule has 0 saturated carbocycles.